The van der Waals surface area contributed by atoms with E-state index < -0.39 is 11.9 Å². The quantitative estimate of drug-likeness (QED) is 0.565. The number of aliphatic carboxylic acids is 1. The molecule has 2 N–H and O–H groups in total. The molecule has 1 rings (SSSR count). The summed E-state index contributed by atoms with van der Waals surface area (Å²) in [6.07, 6.45) is 2.69. The Bertz CT molecular complexity index is 431. The molecule has 0 atom stereocenters. The summed E-state index contributed by atoms with van der Waals surface area (Å²) >= 11 is 2.72. The molecule has 0 radical (unpaired) electrons. The van der Waals surface area contributed by atoms with Gasteiger partial charge in [0.25, 0.3) is 0 Å². The molecular weight excluding hydrogens is 274 g/mol. The lowest BCUT2D eigenvalue weighted by Gasteiger charge is -1.97. The summed E-state index contributed by atoms with van der Waals surface area (Å²) in [7, 11) is 0. The van der Waals surface area contributed by atoms with Gasteiger partial charge in [-0.1, -0.05) is 18.2 Å². The molecule has 0 aliphatic rings. The van der Waals surface area contributed by atoms with Crippen molar-refractivity contribution in [2.45, 2.75) is 36.9 Å². The molecule has 5 nitrogen and oxygen atoms in total. The van der Waals surface area contributed by atoms with Crippen molar-refractivity contribution in [1.29, 1.82) is 0 Å². The molecule has 0 aliphatic carbocycles. The number of hydrogen-bond acceptors (Lipinski definition) is 5. The van der Waals surface area contributed by atoms with Crippen LogP contribution in [0.5, 0.6) is 0 Å². The van der Waals surface area contributed by atoms with Gasteiger partial charge in [0, 0.05) is 12.2 Å². The van der Waals surface area contributed by atoms with Crippen LogP contribution in [0.3, 0.4) is 0 Å². The smallest absolute Gasteiger partial charge is 0.347 e. The molecule has 0 bridgehead atoms. The minimum absolute atomic E-state index is 0.212. The van der Waals surface area contributed by atoms with Gasteiger partial charge in [0.1, 0.15) is 4.88 Å². The number of aromatic carboxylic acids is 1. The van der Waals surface area contributed by atoms with Gasteiger partial charge in [0.2, 0.25) is 0 Å². The Morgan fingerprint density at radius 2 is 2.00 bits per heavy atom. The number of thioether (sulfide) groups is 1. The van der Waals surface area contributed by atoms with Gasteiger partial charge in [-0.2, -0.15) is 0 Å². The Hall–Kier alpha value is -1.08. The van der Waals surface area contributed by atoms with Gasteiger partial charge in [0.05, 0.1) is 5.69 Å². The maximum atomic E-state index is 10.8. The molecule has 0 fully saturated rings. The van der Waals surface area contributed by atoms with E-state index in [1.807, 2.05) is 0 Å². The van der Waals surface area contributed by atoms with Gasteiger partial charge in [-0.15, -0.1) is 11.3 Å². The van der Waals surface area contributed by atoms with Crippen molar-refractivity contribution in [3.63, 3.8) is 0 Å². The minimum Gasteiger partial charge on any atom is -0.481 e. The molecule has 1 aromatic rings. The predicted octanol–water partition coefficient (Wildman–Crippen LogP) is 2.89. The first-order valence-corrected chi connectivity index (χ1v) is 7.36. The normalized spacial score (nSPS) is 10.5. The van der Waals surface area contributed by atoms with E-state index in [1.165, 1.54) is 23.1 Å². The Morgan fingerprint density at radius 1 is 1.28 bits per heavy atom. The van der Waals surface area contributed by atoms with E-state index in [2.05, 4.69) is 4.98 Å². The maximum absolute atomic E-state index is 10.8. The zero-order valence-corrected chi connectivity index (χ0v) is 11.6. The van der Waals surface area contributed by atoms with Crippen LogP contribution in [0.4, 0.5) is 0 Å². The van der Waals surface area contributed by atoms with E-state index in [4.69, 9.17) is 10.2 Å². The standard InChI is InChI=1S/C11H15NO4S2/c1-7-9(10(15)16)18-11(12-7)17-6-4-2-3-5-8(13)14/h2-6H2,1H3,(H,13,14)(H,15,16). The summed E-state index contributed by atoms with van der Waals surface area (Å²) in [6.45, 7) is 1.69. The average molecular weight is 289 g/mol. The lowest BCUT2D eigenvalue weighted by Crippen LogP contribution is -1.94. The highest BCUT2D eigenvalue weighted by Crippen LogP contribution is 2.27. The molecule has 1 heterocycles. The average Bonchev–Trinajstić information content (AvgIpc) is 2.64. The highest BCUT2D eigenvalue weighted by atomic mass is 32.2. The van der Waals surface area contributed by atoms with Crippen LogP contribution in [-0.4, -0.2) is 32.9 Å². The number of carbonyl (C=O) groups is 2. The van der Waals surface area contributed by atoms with E-state index >= 15 is 0 Å². The number of thiazole rings is 1. The van der Waals surface area contributed by atoms with Crippen LogP contribution < -0.4 is 0 Å². The van der Waals surface area contributed by atoms with Crippen molar-refractivity contribution >= 4 is 35.0 Å². The molecule has 0 amide bonds. The maximum Gasteiger partial charge on any atom is 0.347 e. The molecule has 1 aromatic heterocycles. The van der Waals surface area contributed by atoms with Gasteiger partial charge in [-0.05, 0) is 19.8 Å². The fourth-order valence-corrected chi connectivity index (χ4v) is 3.44. The second-order valence-electron chi connectivity index (χ2n) is 3.75. The number of aromatic nitrogens is 1. The van der Waals surface area contributed by atoms with E-state index in [0.29, 0.717) is 17.0 Å². The number of rotatable bonds is 8. The van der Waals surface area contributed by atoms with Crippen molar-refractivity contribution in [3.05, 3.63) is 10.6 Å². The lowest BCUT2D eigenvalue weighted by atomic mass is 10.2. The first kappa shape index (κ1) is 15.0. The summed E-state index contributed by atoms with van der Waals surface area (Å²) in [5.41, 5.74) is 0.556. The first-order valence-electron chi connectivity index (χ1n) is 5.56. The molecule has 0 spiro atoms. The summed E-state index contributed by atoms with van der Waals surface area (Å²) in [6, 6.07) is 0. The highest BCUT2D eigenvalue weighted by molar-refractivity contribution is 8.01. The molecule has 0 unspecified atom stereocenters. The van der Waals surface area contributed by atoms with Crippen molar-refractivity contribution in [1.82, 2.24) is 4.98 Å². The van der Waals surface area contributed by atoms with Gasteiger partial charge >= 0.3 is 11.9 Å². The molecule has 7 heteroatoms. The number of carboxylic acids is 2. The molecule has 0 aromatic carbocycles. The highest BCUT2D eigenvalue weighted by Gasteiger charge is 2.13. The zero-order chi connectivity index (χ0) is 13.5. The van der Waals surface area contributed by atoms with Crippen molar-refractivity contribution in [2.75, 3.05) is 5.75 Å². The van der Waals surface area contributed by atoms with Crippen LogP contribution in [0, 0.1) is 6.92 Å². The summed E-state index contributed by atoms with van der Waals surface area (Å²) in [4.78, 5) is 25.6. The SMILES string of the molecule is Cc1nc(SCCCCCC(=O)O)sc1C(=O)O. The number of nitrogens with zero attached hydrogens (tertiary/aromatic N) is 1. The number of hydrogen-bond donors (Lipinski definition) is 2. The van der Waals surface area contributed by atoms with Crippen LogP contribution in [0.1, 0.15) is 41.0 Å². The fraction of sp³-hybridized carbons (Fsp3) is 0.545. The summed E-state index contributed by atoms with van der Waals surface area (Å²) in [5, 5.41) is 17.3. The van der Waals surface area contributed by atoms with Crippen LogP contribution >= 0.6 is 23.1 Å². The van der Waals surface area contributed by atoms with E-state index in [0.717, 1.165) is 22.9 Å². The topological polar surface area (TPSA) is 87.5 Å². The monoisotopic (exact) mass is 289 g/mol. The predicted molar refractivity (Wildman–Crippen MR) is 70.6 cm³/mol. The molecule has 100 valence electrons. The molecule has 0 aliphatic heterocycles. The zero-order valence-electron chi connectivity index (χ0n) is 10.0. The number of carboxylic acid groups (broad SMARTS) is 2. The van der Waals surface area contributed by atoms with Crippen LogP contribution in [0.2, 0.25) is 0 Å². The second-order valence-corrected chi connectivity index (χ2v) is 6.09. The van der Waals surface area contributed by atoms with E-state index in [-0.39, 0.29) is 6.42 Å². The van der Waals surface area contributed by atoms with Crippen molar-refractivity contribution in [3.8, 4) is 0 Å². The van der Waals surface area contributed by atoms with Crippen LogP contribution in [0.15, 0.2) is 4.34 Å². The van der Waals surface area contributed by atoms with Gasteiger partial charge in [-0.25, -0.2) is 9.78 Å². The molecule has 0 saturated heterocycles. The minimum atomic E-state index is -0.932. The van der Waals surface area contributed by atoms with Crippen LogP contribution in [-0.2, 0) is 4.79 Å². The third-order valence-electron chi connectivity index (χ3n) is 2.23. The summed E-state index contributed by atoms with van der Waals surface area (Å²) in [5.74, 6) is -0.853. The third kappa shape index (κ3) is 5.05. The van der Waals surface area contributed by atoms with Gasteiger partial charge < -0.3 is 10.2 Å². The van der Waals surface area contributed by atoms with Crippen molar-refractivity contribution < 1.29 is 19.8 Å². The van der Waals surface area contributed by atoms with Gasteiger partial charge in [-0.3, -0.25) is 4.79 Å². The van der Waals surface area contributed by atoms with E-state index in [1.54, 1.807) is 6.92 Å². The lowest BCUT2D eigenvalue weighted by molar-refractivity contribution is -0.137. The van der Waals surface area contributed by atoms with Crippen molar-refractivity contribution in [2.24, 2.45) is 0 Å². The Kier molecular flexibility index (Phi) is 6.14. The Labute approximate surface area is 113 Å². The summed E-state index contributed by atoms with van der Waals surface area (Å²) < 4.78 is 0.767. The molecule has 18 heavy (non-hydrogen) atoms. The molecule has 0 saturated carbocycles. The Balaban J connectivity index is 2.25. The third-order valence-corrected chi connectivity index (χ3v) is 4.61. The second kappa shape index (κ2) is 7.38. The number of aryl methyl sites for hydroxylation is 1. The van der Waals surface area contributed by atoms with E-state index in [9.17, 15) is 9.59 Å². The largest absolute Gasteiger partial charge is 0.481 e. The Morgan fingerprint density at radius 3 is 2.56 bits per heavy atom. The number of unbranched alkanes of at least 4 members (excludes halogenated alkanes) is 2. The fourth-order valence-electron chi connectivity index (χ4n) is 1.35. The molecular formula is C11H15NO4S2. The van der Waals surface area contributed by atoms with Crippen LogP contribution in [0.25, 0.3) is 0 Å². The first-order chi connectivity index (χ1) is 8.50. The van der Waals surface area contributed by atoms with Gasteiger partial charge in [0.15, 0.2) is 4.34 Å².